The summed E-state index contributed by atoms with van der Waals surface area (Å²) in [6, 6.07) is 14.6. The fourth-order valence-corrected chi connectivity index (χ4v) is 16.9. The topological polar surface area (TPSA) is 552 Å². The lowest BCUT2D eigenvalue weighted by molar-refractivity contribution is -0.142. The van der Waals surface area contributed by atoms with E-state index in [1.807, 2.05) is 6.26 Å². The van der Waals surface area contributed by atoms with E-state index in [0.717, 1.165) is 0 Å². The van der Waals surface area contributed by atoms with Crippen LogP contribution in [0.3, 0.4) is 0 Å². The molecule has 1 unspecified atom stereocenters. The lowest BCUT2D eigenvalue weighted by Crippen LogP contribution is -2.59. The number of allylic oxidation sites excluding steroid dienone is 4. The minimum Gasteiger partial charge on any atom is -0.508 e. The highest BCUT2D eigenvalue weighted by atomic mass is 32.2. The number of thiazole rings is 1. The van der Waals surface area contributed by atoms with Gasteiger partial charge in [-0.1, -0.05) is 74.5 Å². The minimum absolute atomic E-state index is 0.0133. The maximum atomic E-state index is 14.7. The normalized spacial score (nSPS) is 15.0. The van der Waals surface area contributed by atoms with Crippen LogP contribution < -0.4 is 53.0 Å². The number of hydrogen-bond donors (Lipinski definition) is 14. The zero-order valence-corrected chi connectivity index (χ0v) is 75.3. The van der Waals surface area contributed by atoms with Crippen molar-refractivity contribution in [3.63, 3.8) is 0 Å². The first kappa shape index (κ1) is 101. The fraction of sp³-hybridized carbons (Fsp3) is 0.448. The van der Waals surface area contributed by atoms with Crippen molar-refractivity contribution in [2.75, 3.05) is 89.4 Å². The van der Waals surface area contributed by atoms with Crippen LogP contribution in [-0.2, 0) is 101 Å². The molecule has 2 aliphatic rings. The second-order valence-corrected chi connectivity index (χ2v) is 35.1. The van der Waals surface area contributed by atoms with Gasteiger partial charge in [0.15, 0.2) is 17.6 Å². The number of rotatable bonds is 52. The number of ketones is 2. The summed E-state index contributed by atoms with van der Waals surface area (Å²) in [5, 5.41) is 61.3. The molecule has 11 amide bonds. The van der Waals surface area contributed by atoms with Crippen molar-refractivity contribution in [2.24, 2.45) is 16.1 Å². The Hall–Kier alpha value is -12.1. The number of nitrogens with two attached hydrogens (primary N) is 1. The van der Waals surface area contributed by atoms with Crippen LogP contribution >= 0.6 is 46.6 Å². The second kappa shape index (κ2) is 49.3. The maximum absolute atomic E-state index is 14.7. The summed E-state index contributed by atoms with van der Waals surface area (Å²) in [7, 11) is 1.53. The third kappa shape index (κ3) is 30.6. The van der Waals surface area contributed by atoms with Crippen molar-refractivity contribution in [3.05, 3.63) is 147 Å². The van der Waals surface area contributed by atoms with Gasteiger partial charge in [-0.3, -0.25) is 72.1 Å². The number of phenolic OH excluding ortho intramolecular Hbond substituents is 1. The number of fused-ring (bicyclic) bond motifs is 2. The summed E-state index contributed by atoms with van der Waals surface area (Å²) < 4.78 is 18.0. The van der Waals surface area contributed by atoms with E-state index in [9.17, 15) is 97.1 Å². The average Bonchev–Trinajstić information content (AvgIpc) is 0.874. The number of carboxylic acid groups (broad SMARTS) is 3. The molecule has 8 atom stereocenters. The van der Waals surface area contributed by atoms with E-state index in [4.69, 9.17) is 19.9 Å². The van der Waals surface area contributed by atoms with Crippen LogP contribution in [0.25, 0.3) is 21.1 Å². The monoisotopic (exact) mass is 1840 g/mol. The SMILES string of the molecule is CSCCC[C@@H](NC(=O)[C@@H](Cc1c[nH]c2ccccc12)NC(=O)CNC(=O)[C@@H](CCSC)NC(=O)[C@@H](CCc1ccc(O)cc1)NC(=O)[C@@H](CC(=O)O)NC(=O)CCOCCOCCN(CCN(C)C(=O)CC(C)(C)C1=C(C)C(=O)C(C)=C(C)C1=O)C(=O)Oc1ccc2nc(C3=NC(C(=O)O)CS3)sc2c1)C(=O)N[C@H](CC(=O)O)C(=O)N[C@H](Cc1ccccc1)C(N)=O. The van der Waals surface area contributed by atoms with Gasteiger partial charge in [0.1, 0.15) is 63.8 Å². The molecule has 0 radical (unpaired) electrons. The number of primary amides is 1. The number of carbonyl (C=O) groups excluding carboxylic acids is 13. The Bertz CT molecular complexity index is 5150. The molecular weight excluding hydrogens is 1740 g/mol. The number of H-pyrrole nitrogens is 1. The van der Waals surface area contributed by atoms with Crippen LogP contribution in [0.2, 0.25) is 0 Å². The number of thioether (sulfide) groups is 3. The molecule has 0 bridgehead atoms. The number of aromatic nitrogens is 2. The number of aryl methyl sites for hydroxylation is 1. The van der Waals surface area contributed by atoms with E-state index < -0.39 is 157 Å². The summed E-state index contributed by atoms with van der Waals surface area (Å²) >= 11 is 5.23. The van der Waals surface area contributed by atoms with Crippen LogP contribution in [0.4, 0.5) is 4.79 Å². The standard InChI is InChI=1S/C87H108N14O23S4/c1-48-49(2)75(111)73(50(3)74(48)110)87(4,5)44-70(105)100(6)30-31-101(86(121)124-55-25-27-58-67(41-55)128-84(98-58)83-99-66(47-127-83)85(119)120)32-34-123-36-35-122-33-28-68(103)91-64(42-71(106)107)81(117)94-60(26-22-51-20-23-54(102)24-21-51)79(115)95-61(29-38-126-8)77(113)90-46-69(104)92-63(40-53-45-89-57-18-13-12-17-56(53)57)80(116)93-59(19-14-37-125-7)78(114)97-65(43-72(108)109)82(118)96-62(76(88)112)39-52-15-10-9-11-16-52/h9-13,15-18,20-21,23-25,27,41,45,59-66,89,102H,14,19,22,26,28-40,42-44,46-47H2,1-8H3,(H2,88,112)(H,90,113)(H,91,103)(H,92,104)(H,93,116)(H,94,117)(H,95,115)(H,96,118)(H,97,114)(H,106,107)(H,108,109)(H,119,120)/t59-,60-,61-,62-,63-,64-,65-,66?/m1/s1. The minimum atomic E-state index is -1.78. The van der Waals surface area contributed by atoms with Gasteiger partial charge in [-0.25, -0.2) is 14.6 Å². The number of ether oxygens (including phenoxy) is 3. The van der Waals surface area contributed by atoms with Crippen LogP contribution in [-0.4, -0.2) is 278 Å². The van der Waals surface area contributed by atoms with Gasteiger partial charge in [-0.15, -0.1) is 23.1 Å². The van der Waals surface area contributed by atoms with Crippen molar-refractivity contribution < 1.29 is 111 Å². The molecule has 688 valence electrons. The molecule has 128 heavy (non-hydrogen) atoms. The van der Waals surface area contributed by atoms with E-state index in [1.165, 1.54) is 81.7 Å². The van der Waals surface area contributed by atoms with Crippen molar-refractivity contribution >= 4 is 167 Å². The third-order valence-electron chi connectivity index (χ3n) is 21.0. The zero-order valence-electron chi connectivity index (χ0n) is 72.0. The van der Waals surface area contributed by atoms with Gasteiger partial charge in [0, 0.05) is 109 Å². The van der Waals surface area contributed by atoms with Crippen LogP contribution in [0, 0.1) is 5.41 Å². The lowest BCUT2D eigenvalue weighted by Gasteiger charge is -2.33. The molecule has 1 aliphatic heterocycles. The molecule has 8 rings (SSSR count). The number of aliphatic carboxylic acids is 3. The summed E-state index contributed by atoms with van der Waals surface area (Å²) in [6.45, 7) is 6.63. The number of nitrogens with one attached hydrogen (secondary N) is 9. The summed E-state index contributed by atoms with van der Waals surface area (Å²) in [4.78, 5) is 232. The Kier molecular flexibility index (Phi) is 39.1. The van der Waals surface area contributed by atoms with Crippen molar-refractivity contribution in [2.45, 2.75) is 154 Å². The highest BCUT2D eigenvalue weighted by Crippen LogP contribution is 2.40. The predicted molar refractivity (Wildman–Crippen MR) is 480 cm³/mol. The van der Waals surface area contributed by atoms with Crippen molar-refractivity contribution in [1.82, 2.24) is 62.3 Å². The number of nitrogens with zero attached hydrogens (tertiary/aromatic N) is 4. The molecule has 0 spiro atoms. The largest absolute Gasteiger partial charge is 0.508 e. The molecule has 6 aromatic rings. The number of phenols is 1. The Labute approximate surface area is 754 Å². The summed E-state index contributed by atoms with van der Waals surface area (Å²) in [5.41, 5.74) is 8.72. The van der Waals surface area contributed by atoms with Gasteiger partial charge in [0.05, 0.1) is 56.0 Å². The quantitative estimate of drug-likeness (QED) is 0.0187. The lowest BCUT2D eigenvalue weighted by atomic mass is 9.71. The van der Waals surface area contributed by atoms with Crippen LogP contribution in [0.5, 0.6) is 11.5 Å². The second-order valence-electron chi connectivity index (χ2n) is 31.1. The predicted octanol–water partition coefficient (Wildman–Crippen LogP) is 4.29. The van der Waals surface area contributed by atoms with E-state index >= 15 is 0 Å². The third-order valence-corrected chi connectivity index (χ3v) is 24.6. The fourth-order valence-electron chi connectivity index (χ4n) is 13.9. The molecular formula is C87H108N14O23S4. The Morgan fingerprint density at radius 1 is 0.617 bits per heavy atom. The van der Waals surface area contributed by atoms with E-state index in [0.29, 0.717) is 71.2 Å². The Morgan fingerprint density at radius 2 is 1.20 bits per heavy atom. The maximum Gasteiger partial charge on any atom is 0.415 e. The molecule has 0 saturated carbocycles. The van der Waals surface area contributed by atoms with Crippen molar-refractivity contribution in [1.29, 1.82) is 0 Å². The number of aromatic hydroxyl groups is 1. The van der Waals surface area contributed by atoms with Crippen LogP contribution in [0.15, 0.2) is 131 Å². The number of Topliss-reactive ketones (excluding diaryl/α,β-unsaturated/α-hetero) is 2. The number of aromatic amines is 1. The number of benzene rings is 4. The summed E-state index contributed by atoms with van der Waals surface area (Å²) in [6.07, 6.45) is 1.73. The van der Waals surface area contributed by atoms with E-state index in [-0.39, 0.29) is 143 Å². The molecule has 0 saturated heterocycles. The van der Waals surface area contributed by atoms with Crippen molar-refractivity contribution in [3.8, 4) is 11.5 Å². The molecule has 4 aromatic carbocycles. The molecule has 0 fully saturated rings. The number of aliphatic imine (C=N–C) groups is 1. The first-order valence-corrected chi connectivity index (χ1v) is 45.7. The van der Waals surface area contributed by atoms with Gasteiger partial charge in [0.2, 0.25) is 59.1 Å². The number of amides is 11. The Morgan fingerprint density at radius 3 is 1.84 bits per heavy atom. The number of hydrogen-bond acceptors (Lipinski definition) is 26. The highest BCUT2D eigenvalue weighted by molar-refractivity contribution is 8.15. The van der Waals surface area contributed by atoms with Gasteiger partial charge < -0.3 is 97.7 Å². The molecule has 41 heteroatoms. The van der Waals surface area contributed by atoms with E-state index in [1.54, 1.807) is 126 Å². The van der Waals surface area contributed by atoms with Gasteiger partial charge >= 0.3 is 24.0 Å². The number of likely N-dealkylation sites (N-methyl/N-ethyl adjacent to an activating group) is 1. The Balaban J connectivity index is 0.882. The number of carboxylic acids is 3. The molecule has 3 heterocycles. The van der Waals surface area contributed by atoms with E-state index in [2.05, 4.69) is 57.5 Å². The number of para-hydroxylation sites is 1. The first-order valence-electron chi connectivity index (χ1n) is 41.1. The number of carbonyl (C=O) groups is 16. The first-order chi connectivity index (χ1) is 60.9. The average molecular weight is 1850 g/mol. The van der Waals surface area contributed by atoms with Crippen LogP contribution in [0.1, 0.15) is 108 Å². The molecule has 2 aromatic heterocycles. The molecule has 15 N–H and O–H groups in total. The van der Waals surface area contributed by atoms with Gasteiger partial charge in [-0.2, -0.15) is 23.5 Å². The van der Waals surface area contributed by atoms with Gasteiger partial charge in [-0.05, 0) is 124 Å². The van der Waals surface area contributed by atoms with Gasteiger partial charge in [0.25, 0.3) is 0 Å². The molecule has 37 nitrogen and oxygen atoms in total. The smallest absolute Gasteiger partial charge is 0.415 e. The highest BCUT2D eigenvalue weighted by Gasteiger charge is 2.41. The summed E-state index contributed by atoms with van der Waals surface area (Å²) in [5.74, 6) is -12.5. The zero-order chi connectivity index (χ0) is 93.5. The molecule has 1 aliphatic carbocycles.